The second kappa shape index (κ2) is 7.47. The zero-order valence-electron chi connectivity index (χ0n) is 14.4. The van der Waals surface area contributed by atoms with Gasteiger partial charge >= 0.3 is 11.9 Å². The minimum Gasteiger partial charge on any atom is -0.456 e. The van der Waals surface area contributed by atoms with Crippen molar-refractivity contribution in [1.82, 2.24) is 4.90 Å². The maximum Gasteiger partial charge on any atom is 0.303 e. The molecule has 1 heterocycles. The molecule has 0 aromatic heterocycles. The third kappa shape index (κ3) is 3.93. The molecule has 130 valence electrons. The van der Waals surface area contributed by atoms with Crippen LogP contribution in [0.5, 0.6) is 0 Å². The molecule has 0 saturated carbocycles. The minimum atomic E-state index is -1.09. The number of esters is 2. The van der Waals surface area contributed by atoms with E-state index in [1.165, 1.54) is 13.8 Å². The molecule has 3 atom stereocenters. The average Bonchev–Trinajstić information content (AvgIpc) is 2.73. The second-order valence-corrected chi connectivity index (χ2v) is 6.29. The maximum absolute atomic E-state index is 12.8. The standard InChI is InChI=1S/C18H23NO5/c1-11(2)15-16(23-12(3)20)17(24-13(4)21)18(22)19(15)10-14-8-6-5-7-9-14/h5-9,11,15-17H,10H2,1-4H3/t15-,16-,17+/m0/s1. The van der Waals surface area contributed by atoms with Gasteiger partial charge in [0.1, 0.15) is 0 Å². The Hall–Kier alpha value is -2.37. The largest absolute Gasteiger partial charge is 0.456 e. The first-order valence-corrected chi connectivity index (χ1v) is 8.00. The van der Waals surface area contributed by atoms with Gasteiger partial charge in [-0.1, -0.05) is 44.2 Å². The van der Waals surface area contributed by atoms with Gasteiger partial charge in [0, 0.05) is 20.4 Å². The van der Waals surface area contributed by atoms with E-state index in [-0.39, 0.29) is 17.9 Å². The van der Waals surface area contributed by atoms with Gasteiger partial charge in [-0.2, -0.15) is 0 Å². The van der Waals surface area contributed by atoms with E-state index in [4.69, 9.17) is 9.47 Å². The third-order valence-electron chi connectivity index (χ3n) is 4.00. The van der Waals surface area contributed by atoms with Crippen LogP contribution in [0.3, 0.4) is 0 Å². The molecule has 0 N–H and O–H groups in total. The normalized spacial score (nSPS) is 23.5. The molecule has 0 bridgehead atoms. The van der Waals surface area contributed by atoms with Crippen molar-refractivity contribution in [2.75, 3.05) is 0 Å². The van der Waals surface area contributed by atoms with E-state index < -0.39 is 24.1 Å². The lowest BCUT2D eigenvalue weighted by molar-refractivity contribution is -0.166. The Morgan fingerprint density at radius 1 is 1.08 bits per heavy atom. The van der Waals surface area contributed by atoms with Gasteiger partial charge in [-0.25, -0.2) is 0 Å². The summed E-state index contributed by atoms with van der Waals surface area (Å²) in [6.45, 7) is 6.79. The summed E-state index contributed by atoms with van der Waals surface area (Å²) in [5, 5.41) is 0. The first-order valence-electron chi connectivity index (χ1n) is 8.00. The summed E-state index contributed by atoms with van der Waals surface area (Å²) in [4.78, 5) is 37.3. The van der Waals surface area contributed by atoms with Crippen LogP contribution in [-0.4, -0.2) is 41.0 Å². The summed E-state index contributed by atoms with van der Waals surface area (Å²) in [5.74, 6) is -1.38. The first kappa shape index (κ1) is 18.0. The fourth-order valence-corrected chi connectivity index (χ4v) is 3.13. The van der Waals surface area contributed by atoms with Gasteiger partial charge in [0.05, 0.1) is 6.04 Å². The van der Waals surface area contributed by atoms with E-state index in [2.05, 4.69) is 0 Å². The first-order chi connectivity index (χ1) is 11.3. The Bertz CT molecular complexity index is 613. The predicted molar refractivity (Wildman–Crippen MR) is 86.7 cm³/mol. The highest BCUT2D eigenvalue weighted by molar-refractivity contribution is 5.87. The molecule has 6 heteroatoms. The molecule has 0 unspecified atom stereocenters. The highest BCUT2D eigenvalue weighted by Crippen LogP contribution is 2.31. The number of benzene rings is 1. The van der Waals surface area contributed by atoms with Gasteiger partial charge in [0.25, 0.3) is 5.91 Å². The molecule has 0 radical (unpaired) electrons. The lowest BCUT2D eigenvalue weighted by atomic mass is 9.98. The van der Waals surface area contributed by atoms with E-state index in [0.717, 1.165) is 5.56 Å². The van der Waals surface area contributed by atoms with Crippen LogP contribution in [0.1, 0.15) is 33.3 Å². The van der Waals surface area contributed by atoms with Gasteiger partial charge in [-0.3, -0.25) is 14.4 Å². The molecule has 1 fully saturated rings. The molecule has 1 aliphatic rings. The molecule has 6 nitrogen and oxygen atoms in total. The van der Waals surface area contributed by atoms with Crippen molar-refractivity contribution in [3.63, 3.8) is 0 Å². The molecule has 1 aromatic rings. The van der Waals surface area contributed by atoms with Gasteiger partial charge in [-0.15, -0.1) is 0 Å². The summed E-state index contributed by atoms with van der Waals surface area (Å²) < 4.78 is 10.5. The monoisotopic (exact) mass is 333 g/mol. The van der Waals surface area contributed by atoms with E-state index in [1.807, 2.05) is 44.2 Å². The molecule has 1 amide bonds. The average molecular weight is 333 g/mol. The van der Waals surface area contributed by atoms with Crippen LogP contribution >= 0.6 is 0 Å². The van der Waals surface area contributed by atoms with Crippen LogP contribution in [0, 0.1) is 5.92 Å². The number of ether oxygens (including phenoxy) is 2. The third-order valence-corrected chi connectivity index (χ3v) is 4.00. The number of likely N-dealkylation sites (tertiary alicyclic amines) is 1. The van der Waals surface area contributed by atoms with Crippen LogP contribution in [-0.2, 0) is 30.4 Å². The summed E-state index contributed by atoms with van der Waals surface area (Å²) in [7, 11) is 0. The number of hydrogen-bond acceptors (Lipinski definition) is 5. The SMILES string of the molecule is CC(=O)O[C@@H]1[C@@H](OC(C)=O)C(=O)N(Cc2ccccc2)[C@H]1C(C)C. The molecule has 1 aromatic carbocycles. The second-order valence-electron chi connectivity index (χ2n) is 6.29. The Morgan fingerprint density at radius 2 is 1.67 bits per heavy atom. The van der Waals surface area contributed by atoms with E-state index in [0.29, 0.717) is 6.54 Å². The molecule has 24 heavy (non-hydrogen) atoms. The zero-order chi connectivity index (χ0) is 17.9. The molecule has 0 aliphatic carbocycles. The maximum atomic E-state index is 12.8. The van der Waals surface area contributed by atoms with Gasteiger partial charge in [-0.05, 0) is 11.5 Å². The Morgan fingerprint density at radius 3 is 2.17 bits per heavy atom. The van der Waals surface area contributed by atoms with Crippen molar-refractivity contribution in [2.24, 2.45) is 5.92 Å². The van der Waals surface area contributed by atoms with Gasteiger partial charge < -0.3 is 14.4 Å². The fraction of sp³-hybridized carbons (Fsp3) is 0.500. The van der Waals surface area contributed by atoms with Crippen molar-refractivity contribution in [3.05, 3.63) is 35.9 Å². The van der Waals surface area contributed by atoms with Crippen LogP contribution < -0.4 is 0 Å². The van der Waals surface area contributed by atoms with E-state index in [1.54, 1.807) is 4.90 Å². The smallest absolute Gasteiger partial charge is 0.303 e. The topological polar surface area (TPSA) is 72.9 Å². The highest BCUT2D eigenvalue weighted by Gasteiger charge is 2.53. The summed E-state index contributed by atoms with van der Waals surface area (Å²) in [6.07, 6.45) is -1.90. The van der Waals surface area contributed by atoms with Crippen LogP contribution in [0.2, 0.25) is 0 Å². The quantitative estimate of drug-likeness (QED) is 0.770. The van der Waals surface area contributed by atoms with E-state index in [9.17, 15) is 14.4 Å². The number of carbonyl (C=O) groups excluding carboxylic acids is 3. The van der Waals surface area contributed by atoms with Crippen molar-refractivity contribution in [3.8, 4) is 0 Å². The van der Waals surface area contributed by atoms with Crippen LogP contribution in [0.25, 0.3) is 0 Å². The lowest BCUT2D eigenvalue weighted by Gasteiger charge is -2.30. The van der Waals surface area contributed by atoms with Crippen molar-refractivity contribution in [1.29, 1.82) is 0 Å². The predicted octanol–water partition coefficient (Wildman–Crippen LogP) is 1.92. The van der Waals surface area contributed by atoms with Gasteiger partial charge in [0.15, 0.2) is 6.10 Å². The van der Waals surface area contributed by atoms with E-state index >= 15 is 0 Å². The minimum absolute atomic E-state index is 0.0302. The molecule has 1 aliphatic heterocycles. The Labute approximate surface area is 141 Å². The molecular weight excluding hydrogens is 310 g/mol. The number of nitrogens with zero attached hydrogens (tertiary/aromatic N) is 1. The Kier molecular flexibility index (Phi) is 5.59. The van der Waals surface area contributed by atoms with Crippen molar-refractivity contribution in [2.45, 2.75) is 52.5 Å². The fourth-order valence-electron chi connectivity index (χ4n) is 3.13. The van der Waals surface area contributed by atoms with Crippen molar-refractivity contribution < 1.29 is 23.9 Å². The Balaban J connectivity index is 2.34. The highest BCUT2D eigenvalue weighted by atomic mass is 16.6. The molecule has 0 spiro atoms. The molecule has 1 saturated heterocycles. The number of carbonyl (C=O) groups is 3. The zero-order valence-corrected chi connectivity index (χ0v) is 14.4. The number of rotatable bonds is 5. The lowest BCUT2D eigenvalue weighted by Crippen LogP contribution is -2.43. The molecular formula is C18H23NO5. The summed E-state index contributed by atoms with van der Waals surface area (Å²) >= 11 is 0. The number of amides is 1. The number of hydrogen-bond donors (Lipinski definition) is 0. The molecule has 2 rings (SSSR count). The van der Waals surface area contributed by atoms with Gasteiger partial charge in [0.2, 0.25) is 6.10 Å². The summed E-state index contributed by atoms with van der Waals surface area (Å²) in [5.41, 5.74) is 0.960. The summed E-state index contributed by atoms with van der Waals surface area (Å²) in [6, 6.07) is 9.18. The van der Waals surface area contributed by atoms with Crippen molar-refractivity contribution >= 4 is 17.8 Å². The van der Waals surface area contributed by atoms with Crippen LogP contribution in [0.4, 0.5) is 0 Å². The van der Waals surface area contributed by atoms with Crippen LogP contribution in [0.15, 0.2) is 30.3 Å².